The Kier molecular flexibility index (Phi) is 6.09. The molecule has 1 saturated carbocycles. The molecule has 2 heterocycles. The highest BCUT2D eigenvalue weighted by atomic mass is 16.5. The molecule has 1 spiro atoms. The van der Waals surface area contributed by atoms with Crippen LogP contribution in [0.1, 0.15) is 37.7 Å². The number of methoxy groups -OCH3 is 1. The van der Waals surface area contributed by atoms with Gasteiger partial charge >= 0.3 is 0 Å². The number of hydrogen-bond acceptors (Lipinski definition) is 4. The van der Waals surface area contributed by atoms with Crippen molar-refractivity contribution in [3.05, 3.63) is 29.8 Å². The summed E-state index contributed by atoms with van der Waals surface area (Å²) in [5.41, 5.74) is 1.23. The molecule has 0 bridgehead atoms. The normalized spacial score (nSPS) is 23.1. The van der Waals surface area contributed by atoms with Crippen LogP contribution in [0, 0.1) is 11.3 Å². The molecule has 29 heavy (non-hydrogen) atoms. The van der Waals surface area contributed by atoms with Gasteiger partial charge in [-0.25, -0.2) is 0 Å². The van der Waals surface area contributed by atoms with Crippen LogP contribution in [0.25, 0.3) is 0 Å². The van der Waals surface area contributed by atoms with Gasteiger partial charge in [-0.15, -0.1) is 0 Å². The van der Waals surface area contributed by atoms with E-state index in [4.69, 9.17) is 9.47 Å². The number of morpholine rings is 1. The van der Waals surface area contributed by atoms with Crippen molar-refractivity contribution in [1.29, 1.82) is 0 Å². The highest BCUT2D eigenvalue weighted by Gasteiger charge is 2.50. The number of hydrogen-bond donors (Lipinski definition) is 0. The predicted octanol–water partition coefficient (Wildman–Crippen LogP) is 2.51. The topological polar surface area (TPSA) is 59.1 Å². The van der Waals surface area contributed by atoms with E-state index >= 15 is 0 Å². The van der Waals surface area contributed by atoms with Gasteiger partial charge in [0.1, 0.15) is 5.75 Å². The quantitative estimate of drug-likeness (QED) is 0.736. The van der Waals surface area contributed by atoms with Gasteiger partial charge in [-0.3, -0.25) is 9.59 Å². The van der Waals surface area contributed by atoms with Crippen molar-refractivity contribution < 1.29 is 19.1 Å². The molecule has 2 amide bonds. The molecule has 1 atom stereocenters. The van der Waals surface area contributed by atoms with Crippen LogP contribution < -0.4 is 4.74 Å². The molecule has 0 radical (unpaired) electrons. The molecule has 6 nitrogen and oxygen atoms in total. The Morgan fingerprint density at radius 1 is 1.17 bits per heavy atom. The Morgan fingerprint density at radius 3 is 2.66 bits per heavy atom. The number of carbonyl (C=O) groups excluding carboxylic acids is 2. The van der Waals surface area contributed by atoms with Crippen molar-refractivity contribution in [2.75, 3.05) is 46.5 Å². The Labute approximate surface area is 173 Å². The Balaban J connectivity index is 1.34. The second kappa shape index (κ2) is 8.74. The van der Waals surface area contributed by atoms with E-state index in [1.165, 1.54) is 19.3 Å². The van der Waals surface area contributed by atoms with Gasteiger partial charge in [-0.1, -0.05) is 18.6 Å². The van der Waals surface area contributed by atoms with Crippen molar-refractivity contribution in [3.8, 4) is 5.75 Å². The molecular formula is C23H32N2O4. The van der Waals surface area contributed by atoms with Crippen molar-refractivity contribution in [2.24, 2.45) is 11.3 Å². The number of carbonyl (C=O) groups is 2. The Morgan fingerprint density at radius 2 is 1.97 bits per heavy atom. The van der Waals surface area contributed by atoms with Gasteiger partial charge in [-0.05, 0) is 48.3 Å². The smallest absolute Gasteiger partial charge is 0.227 e. The van der Waals surface area contributed by atoms with E-state index in [2.05, 4.69) is 0 Å². The van der Waals surface area contributed by atoms with Crippen LogP contribution in [-0.4, -0.2) is 68.1 Å². The summed E-state index contributed by atoms with van der Waals surface area (Å²) in [7, 11) is 1.64. The summed E-state index contributed by atoms with van der Waals surface area (Å²) in [5, 5.41) is 0. The minimum Gasteiger partial charge on any atom is -0.497 e. The third-order valence-corrected chi connectivity index (χ3v) is 7.07. The minimum absolute atomic E-state index is 0.187. The van der Waals surface area contributed by atoms with Crippen molar-refractivity contribution in [3.63, 3.8) is 0 Å². The second-order valence-electron chi connectivity index (χ2n) is 8.75. The molecule has 6 heteroatoms. The van der Waals surface area contributed by atoms with Gasteiger partial charge in [0, 0.05) is 32.6 Å². The maximum absolute atomic E-state index is 13.0. The molecule has 0 N–H and O–H groups in total. The minimum atomic E-state index is 0.187. The molecule has 1 unspecified atom stereocenters. The summed E-state index contributed by atoms with van der Waals surface area (Å²) in [6.07, 6.45) is 5.50. The Bertz CT molecular complexity index is 740. The number of nitrogens with zero attached hydrogens (tertiary/aromatic N) is 2. The van der Waals surface area contributed by atoms with Crippen LogP contribution in [-0.2, 0) is 20.7 Å². The summed E-state index contributed by atoms with van der Waals surface area (Å²) in [5.74, 6) is 1.65. The average Bonchev–Trinajstić information content (AvgIpc) is 3.13. The zero-order chi connectivity index (χ0) is 20.3. The van der Waals surface area contributed by atoms with E-state index in [1.54, 1.807) is 7.11 Å². The predicted molar refractivity (Wildman–Crippen MR) is 110 cm³/mol. The summed E-state index contributed by atoms with van der Waals surface area (Å²) >= 11 is 0. The molecule has 0 aromatic heterocycles. The first-order chi connectivity index (χ1) is 14.1. The molecule has 3 fully saturated rings. The largest absolute Gasteiger partial charge is 0.497 e. The van der Waals surface area contributed by atoms with E-state index in [9.17, 15) is 9.59 Å². The molecule has 2 aliphatic heterocycles. The molecular weight excluding hydrogens is 368 g/mol. The number of ether oxygens (including phenoxy) is 2. The van der Waals surface area contributed by atoms with E-state index in [0.717, 1.165) is 30.8 Å². The molecule has 1 aromatic rings. The van der Waals surface area contributed by atoms with E-state index in [1.807, 2.05) is 34.1 Å². The van der Waals surface area contributed by atoms with Gasteiger partial charge in [0.15, 0.2) is 0 Å². The zero-order valence-electron chi connectivity index (χ0n) is 17.4. The first-order valence-corrected chi connectivity index (χ1v) is 10.9. The number of likely N-dealkylation sites (tertiary alicyclic amines) is 1. The van der Waals surface area contributed by atoms with Crippen molar-refractivity contribution in [2.45, 2.75) is 38.5 Å². The van der Waals surface area contributed by atoms with Crippen LogP contribution in [0.3, 0.4) is 0 Å². The molecule has 2 saturated heterocycles. The molecule has 158 valence electrons. The summed E-state index contributed by atoms with van der Waals surface area (Å²) < 4.78 is 10.6. The van der Waals surface area contributed by atoms with Crippen LogP contribution in [0.4, 0.5) is 0 Å². The van der Waals surface area contributed by atoms with E-state index < -0.39 is 0 Å². The molecule has 1 aliphatic carbocycles. The lowest BCUT2D eigenvalue weighted by Gasteiger charge is -2.43. The summed E-state index contributed by atoms with van der Waals surface area (Å²) in [4.78, 5) is 29.5. The Hall–Kier alpha value is -2.08. The highest BCUT2D eigenvalue weighted by molar-refractivity contribution is 5.79. The van der Waals surface area contributed by atoms with Gasteiger partial charge in [-0.2, -0.15) is 0 Å². The molecule has 4 rings (SSSR count). The lowest BCUT2D eigenvalue weighted by Crippen LogP contribution is -2.42. The third-order valence-electron chi connectivity index (χ3n) is 7.07. The fraction of sp³-hybridized carbons (Fsp3) is 0.652. The van der Waals surface area contributed by atoms with E-state index in [-0.39, 0.29) is 17.2 Å². The van der Waals surface area contributed by atoms with Crippen molar-refractivity contribution >= 4 is 11.8 Å². The number of rotatable bonds is 6. The van der Waals surface area contributed by atoms with Gasteiger partial charge in [0.05, 0.1) is 26.7 Å². The monoisotopic (exact) mass is 400 g/mol. The lowest BCUT2D eigenvalue weighted by molar-refractivity contribution is -0.135. The van der Waals surface area contributed by atoms with E-state index in [0.29, 0.717) is 45.1 Å². The van der Waals surface area contributed by atoms with Gasteiger partial charge in [0.25, 0.3) is 0 Å². The first-order valence-electron chi connectivity index (χ1n) is 10.9. The third kappa shape index (κ3) is 4.42. The fourth-order valence-corrected chi connectivity index (χ4v) is 5.16. The second-order valence-corrected chi connectivity index (χ2v) is 8.75. The summed E-state index contributed by atoms with van der Waals surface area (Å²) in [6.45, 7) is 4.35. The fourth-order valence-electron chi connectivity index (χ4n) is 5.16. The first kappa shape index (κ1) is 20.2. The number of amides is 2. The highest BCUT2D eigenvalue weighted by Crippen LogP contribution is 2.53. The van der Waals surface area contributed by atoms with Gasteiger partial charge < -0.3 is 19.3 Å². The average molecular weight is 401 g/mol. The number of benzene rings is 1. The SMILES string of the molecule is COc1cccc(CC(=O)N2CC(CCC(=O)N3CCOCC3)C3(CCC3)C2)c1. The van der Waals surface area contributed by atoms with Crippen LogP contribution in [0.2, 0.25) is 0 Å². The van der Waals surface area contributed by atoms with Crippen LogP contribution >= 0.6 is 0 Å². The van der Waals surface area contributed by atoms with Gasteiger partial charge in [0.2, 0.25) is 11.8 Å². The van der Waals surface area contributed by atoms with Crippen LogP contribution in [0.5, 0.6) is 5.75 Å². The zero-order valence-corrected chi connectivity index (χ0v) is 17.4. The molecule has 1 aromatic carbocycles. The maximum Gasteiger partial charge on any atom is 0.227 e. The molecule has 3 aliphatic rings. The van der Waals surface area contributed by atoms with Crippen LogP contribution in [0.15, 0.2) is 24.3 Å². The lowest BCUT2D eigenvalue weighted by atomic mass is 9.62. The standard InChI is InChI=1S/C23H32N2O4/c1-28-20-5-2-4-18(14-20)15-22(27)25-16-19(23(17-25)8-3-9-23)6-7-21(26)24-10-12-29-13-11-24/h2,4-5,14,19H,3,6-13,15-17H2,1H3. The summed E-state index contributed by atoms with van der Waals surface area (Å²) in [6, 6.07) is 7.74. The van der Waals surface area contributed by atoms with Crippen molar-refractivity contribution in [1.82, 2.24) is 9.80 Å². The maximum atomic E-state index is 13.0.